The molecule has 0 spiro atoms. The summed E-state index contributed by atoms with van der Waals surface area (Å²) in [5.41, 5.74) is 1.15. The molecule has 1 saturated carbocycles. The summed E-state index contributed by atoms with van der Waals surface area (Å²) in [4.78, 5) is 9.79. The summed E-state index contributed by atoms with van der Waals surface area (Å²) in [6, 6.07) is 0. The largest absolute Gasteiger partial charge is 0.375 e. The summed E-state index contributed by atoms with van der Waals surface area (Å²) in [7, 11) is 0. The van der Waals surface area contributed by atoms with E-state index in [0.29, 0.717) is 12.0 Å². The second-order valence-corrected chi connectivity index (χ2v) is 7.89. The molecule has 3 aliphatic rings. The number of aromatic nitrogens is 1. The van der Waals surface area contributed by atoms with Crippen LogP contribution in [0.5, 0.6) is 0 Å². The SMILES string of the molecule is Cc1csc(CN2C[C@@H]3CN(CC4CC4)CCO[C@@H]3C2)n1. The minimum atomic E-state index is 0.440. The number of thiazole rings is 1. The van der Waals surface area contributed by atoms with Gasteiger partial charge in [0.15, 0.2) is 0 Å². The van der Waals surface area contributed by atoms with Crippen LogP contribution in [0.4, 0.5) is 0 Å². The van der Waals surface area contributed by atoms with E-state index in [1.54, 1.807) is 11.3 Å². The van der Waals surface area contributed by atoms with Gasteiger partial charge in [0.05, 0.1) is 19.3 Å². The van der Waals surface area contributed by atoms with Crippen molar-refractivity contribution in [3.63, 3.8) is 0 Å². The molecule has 0 aromatic carbocycles. The van der Waals surface area contributed by atoms with Crippen molar-refractivity contribution >= 4 is 11.3 Å². The van der Waals surface area contributed by atoms with E-state index < -0.39 is 0 Å². The van der Waals surface area contributed by atoms with Crippen LogP contribution in [0.1, 0.15) is 23.5 Å². The maximum Gasteiger partial charge on any atom is 0.107 e. The molecular weight excluding hydrogens is 282 g/mol. The molecule has 0 unspecified atom stereocenters. The molecule has 5 heteroatoms. The standard InChI is InChI=1S/C16H25N3OS/c1-12-11-21-16(17-12)10-19-8-14-7-18(6-13-2-3-13)4-5-20-15(14)9-19/h11,13-15H,2-10H2,1H3/t14-,15+/m0/s1. The Hall–Kier alpha value is -0.490. The highest BCUT2D eigenvalue weighted by Gasteiger charge is 2.37. The number of aryl methyl sites for hydroxylation is 1. The highest BCUT2D eigenvalue weighted by atomic mass is 32.1. The zero-order valence-electron chi connectivity index (χ0n) is 12.8. The molecule has 1 aromatic heterocycles. The van der Waals surface area contributed by atoms with Gasteiger partial charge in [-0.1, -0.05) is 0 Å². The molecule has 2 saturated heterocycles. The average molecular weight is 307 g/mol. The number of rotatable bonds is 4. The molecule has 21 heavy (non-hydrogen) atoms. The first-order chi connectivity index (χ1) is 10.3. The molecule has 4 rings (SSSR count). The molecule has 1 aliphatic carbocycles. The van der Waals surface area contributed by atoms with Gasteiger partial charge < -0.3 is 9.64 Å². The van der Waals surface area contributed by atoms with Gasteiger partial charge in [0.2, 0.25) is 0 Å². The van der Waals surface area contributed by atoms with Gasteiger partial charge in [-0.15, -0.1) is 11.3 Å². The Morgan fingerprint density at radius 1 is 1.29 bits per heavy atom. The highest BCUT2D eigenvalue weighted by molar-refractivity contribution is 7.09. The third-order valence-electron chi connectivity index (χ3n) is 4.93. The van der Waals surface area contributed by atoms with E-state index in [2.05, 4.69) is 27.1 Å². The minimum absolute atomic E-state index is 0.440. The fourth-order valence-electron chi connectivity index (χ4n) is 3.67. The number of hydrogen-bond acceptors (Lipinski definition) is 5. The van der Waals surface area contributed by atoms with Crippen LogP contribution in [0.2, 0.25) is 0 Å². The molecule has 2 aliphatic heterocycles. The quantitative estimate of drug-likeness (QED) is 0.850. The number of hydrogen-bond donors (Lipinski definition) is 0. The van der Waals surface area contributed by atoms with E-state index in [4.69, 9.17) is 4.74 Å². The normalized spacial score (nSPS) is 31.3. The molecule has 3 fully saturated rings. The lowest BCUT2D eigenvalue weighted by Crippen LogP contribution is -2.34. The van der Waals surface area contributed by atoms with E-state index >= 15 is 0 Å². The smallest absolute Gasteiger partial charge is 0.107 e. The van der Waals surface area contributed by atoms with Gasteiger partial charge in [-0.25, -0.2) is 4.98 Å². The molecule has 0 N–H and O–H groups in total. The average Bonchev–Trinajstić information content (AvgIpc) is 3.11. The molecule has 0 radical (unpaired) electrons. The van der Waals surface area contributed by atoms with Gasteiger partial charge in [0, 0.05) is 49.7 Å². The maximum absolute atomic E-state index is 6.13. The van der Waals surface area contributed by atoms with E-state index in [-0.39, 0.29) is 0 Å². The Morgan fingerprint density at radius 3 is 2.90 bits per heavy atom. The van der Waals surface area contributed by atoms with Crippen LogP contribution < -0.4 is 0 Å². The van der Waals surface area contributed by atoms with E-state index in [9.17, 15) is 0 Å². The van der Waals surface area contributed by atoms with Crippen molar-refractivity contribution in [3.8, 4) is 0 Å². The molecule has 0 amide bonds. The topological polar surface area (TPSA) is 28.6 Å². The van der Waals surface area contributed by atoms with Crippen LogP contribution in [0, 0.1) is 18.8 Å². The monoisotopic (exact) mass is 307 g/mol. The Labute approximate surface area is 131 Å². The predicted octanol–water partition coefficient (Wildman–Crippen LogP) is 1.99. The Balaban J connectivity index is 1.35. The fourth-order valence-corrected chi connectivity index (χ4v) is 4.49. The number of nitrogens with zero attached hydrogens (tertiary/aromatic N) is 3. The molecule has 1 aromatic rings. The molecular formula is C16H25N3OS. The lowest BCUT2D eigenvalue weighted by atomic mass is 10.1. The Bertz CT molecular complexity index is 488. The van der Waals surface area contributed by atoms with Crippen LogP contribution in [0.25, 0.3) is 0 Å². The summed E-state index contributed by atoms with van der Waals surface area (Å²) in [6.45, 7) is 9.91. The fraction of sp³-hybridized carbons (Fsp3) is 0.812. The Kier molecular flexibility index (Phi) is 4.00. The van der Waals surface area contributed by atoms with Gasteiger partial charge in [0.25, 0.3) is 0 Å². The molecule has 4 nitrogen and oxygen atoms in total. The van der Waals surface area contributed by atoms with E-state index in [0.717, 1.165) is 37.9 Å². The molecule has 2 atom stereocenters. The molecule has 116 valence electrons. The number of likely N-dealkylation sites (tertiary alicyclic amines) is 1. The number of fused-ring (bicyclic) bond motifs is 1. The van der Waals surface area contributed by atoms with Gasteiger partial charge in [-0.2, -0.15) is 0 Å². The molecule has 3 heterocycles. The molecule has 0 bridgehead atoms. The second kappa shape index (κ2) is 5.95. The van der Waals surface area contributed by atoms with Gasteiger partial charge in [-0.05, 0) is 25.7 Å². The van der Waals surface area contributed by atoms with E-state index in [1.807, 2.05) is 0 Å². The third-order valence-corrected chi connectivity index (χ3v) is 5.88. The van der Waals surface area contributed by atoms with Crippen LogP contribution in [0.3, 0.4) is 0 Å². The van der Waals surface area contributed by atoms with Crippen molar-refractivity contribution in [2.24, 2.45) is 11.8 Å². The van der Waals surface area contributed by atoms with Gasteiger partial charge >= 0.3 is 0 Å². The zero-order chi connectivity index (χ0) is 14.2. The van der Waals surface area contributed by atoms with Crippen molar-refractivity contribution in [3.05, 3.63) is 16.1 Å². The van der Waals surface area contributed by atoms with Crippen LogP contribution in [-0.2, 0) is 11.3 Å². The minimum Gasteiger partial charge on any atom is -0.375 e. The van der Waals surface area contributed by atoms with Crippen molar-refractivity contribution in [2.75, 3.05) is 39.3 Å². The van der Waals surface area contributed by atoms with E-state index in [1.165, 1.54) is 37.5 Å². The van der Waals surface area contributed by atoms with Crippen molar-refractivity contribution < 1.29 is 4.74 Å². The van der Waals surface area contributed by atoms with Crippen molar-refractivity contribution in [1.82, 2.24) is 14.8 Å². The first-order valence-corrected chi connectivity index (χ1v) is 9.11. The van der Waals surface area contributed by atoms with Crippen molar-refractivity contribution in [1.29, 1.82) is 0 Å². The zero-order valence-corrected chi connectivity index (χ0v) is 13.6. The third kappa shape index (κ3) is 3.47. The first-order valence-electron chi connectivity index (χ1n) is 8.23. The summed E-state index contributed by atoms with van der Waals surface area (Å²) in [5.74, 6) is 1.67. The predicted molar refractivity (Wildman–Crippen MR) is 84.5 cm³/mol. The lowest BCUT2D eigenvalue weighted by Gasteiger charge is -2.23. The van der Waals surface area contributed by atoms with Gasteiger partial charge in [0.1, 0.15) is 5.01 Å². The summed E-state index contributed by atoms with van der Waals surface area (Å²) < 4.78 is 6.13. The second-order valence-electron chi connectivity index (χ2n) is 6.95. The highest BCUT2D eigenvalue weighted by Crippen LogP contribution is 2.32. The van der Waals surface area contributed by atoms with Gasteiger partial charge in [-0.3, -0.25) is 4.90 Å². The maximum atomic E-state index is 6.13. The van der Waals surface area contributed by atoms with Crippen LogP contribution >= 0.6 is 11.3 Å². The lowest BCUT2D eigenvalue weighted by molar-refractivity contribution is 0.0510. The first kappa shape index (κ1) is 14.1. The summed E-state index contributed by atoms with van der Waals surface area (Å²) in [5, 5.41) is 3.40. The Morgan fingerprint density at radius 2 is 2.14 bits per heavy atom. The van der Waals surface area contributed by atoms with Crippen LogP contribution in [-0.4, -0.2) is 60.2 Å². The summed E-state index contributed by atoms with van der Waals surface area (Å²) >= 11 is 1.79. The number of ether oxygens (including phenoxy) is 1. The summed E-state index contributed by atoms with van der Waals surface area (Å²) in [6.07, 6.45) is 3.33. The van der Waals surface area contributed by atoms with Crippen LogP contribution in [0.15, 0.2) is 5.38 Å². The van der Waals surface area contributed by atoms with Crippen molar-refractivity contribution in [2.45, 2.75) is 32.4 Å².